The van der Waals surface area contributed by atoms with Crippen LogP contribution >= 0.6 is 11.6 Å². The van der Waals surface area contributed by atoms with Crippen molar-refractivity contribution in [3.05, 3.63) is 53.1 Å². The number of carbonyl (C=O) groups is 1. The fourth-order valence-corrected chi connectivity index (χ4v) is 5.65. The molecule has 34 heavy (non-hydrogen) atoms. The van der Waals surface area contributed by atoms with Crippen LogP contribution in [0.4, 0.5) is 24.5 Å². The van der Waals surface area contributed by atoms with E-state index in [0.717, 1.165) is 12.1 Å². The Bertz CT molecular complexity index is 1260. The zero-order chi connectivity index (χ0) is 25.1. The van der Waals surface area contributed by atoms with Crippen molar-refractivity contribution in [2.75, 3.05) is 42.1 Å². The number of nitrogens with one attached hydrogen (secondary N) is 2. The van der Waals surface area contributed by atoms with Crippen LogP contribution in [0.25, 0.3) is 0 Å². The highest BCUT2D eigenvalue weighted by atomic mass is 35.5. The SMILES string of the molecule is O=C(Nc1ccc(S(=O)(=O)N2CCOCC2)cc1)c1cc(Cl)ccc1NS(=O)(=O)CC(F)(F)F. The predicted octanol–water partition coefficient (Wildman–Crippen LogP) is 2.92. The number of amides is 1. The number of nitrogens with zero attached hydrogens (tertiary/aromatic N) is 1. The van der Waals surface area contributed by atoms with Crippen molar-refractivity contribution in [3.63, 3.8) is 0 Å². The molecule has 3 rings (SSSR count). The van der Waals surface area contributed by atoms with Crippen molar-refractivity contribution in [3.8, 4) is 0 Å². The van der Waals surface area contributed by atoms with E-state index in [4.69, 9.17) is 16.3 Å². The van der Waals surface area contributed by atoms with Crippen LogP contribution < -0.4 is 10.0 Å². The summed E-state index contributed by atoms with van der Waals surface area (Å²) in [6.07, 6.45) is -4.98. The highest BCUT2D eigenvalue weighted by Gasteiger charge is 2.35. The van der Waals surface area contributed by atoms with E-state index in [1.807, 2.05) is 0 Å². The normalized spacial score (nSPS) is 15.6. The van der Waals surface area contributed by atoms with Crippen LogP contribution in [0.1, 0.15) is 10.4 Å². The Hall–Kier alpha value is -2.39. The Labute approximate surface area is 198 Å². The third kappa shape index (κ3) is 6.82. The van der Waals surface area contributed by atoms with Crippen molar-refractivity contribution in [1.82, 2.24) is 4.31 Å². The second kappa shape index (κ2) is 10.1. The van der Waals surface area contributed by atoms with Gasteiger partial charge in [-0.15, -0.1) is 0 Å². The first-order chi connectivity index (χ1) is 15.8. The second-order valence-corrected chi connectivity index (χ2v) is 11.3. The Morgan fingerprint density at radius 1 is 1.03 bits per heavy atom. The van der Waals surface area contributed by atoms with Gasteiger partial charge in [-0.05, 0) is 42.5 Å². The molecule has 0 unspecified atom stereocenters. The van der Waals surface area contributed by atoms with Crippen LogP contribution in [0.3, 0.4) is 0 Å². The summed E-state index contributed by atoms with van der Waals surface area (Å²) in [6.45, 7) is 0.982. The molecule has 0 aliphatic carbocycles. The predicted molar refractivity (Wildman–Crippen MR) is 119 cm³/mol. The number of sulfonamides is 2. The van der Waals surface area contributed by atoms with Crippen LogP contribution in [0.15, 0.2) is 47.4 Å². The lowest BCUT2D eigenvalue weighted by atomic mass is 10.1. The molecule has 0 radical (unpaired) electrons. The van der Waals surface area contributed by atoms with E-state index >= 15 is 0 Å². The number of benzene rings is 2. The first-order valence-electron chi connectivity index (χ1n) is 9.63. The van der Waals surface area contributed by atoms with Gasteiger partial charge < -0.3 is 10.1 Å². The van der Waals surface area contributed by atoms with Gasteiger partial charge in [0.15, 0.2) is 5.75 Å². The number of ether oxygens (including phenoxy) is 1. The van der Waals surface area contributed by atoms with Crippen molar-refractivity contribution in [2.24, 2.45) is 0 Å². The van der Waals surface area contributed by atoms with Crippen LogP contribution in [-0.4, -0.2) is 65.3 Å². The Kier molecular flexibility index (Phi) is 7.77. The fraction of sp³-hybridized carbons (Fsp3) is 0.316. The van der Waals surface area contributed by atoms with Crippen LogP contribution in [-0.2, 0) is 24.8 Å². The van der Waals surface area contributed by atoms with Crippen LogP contribution in [0.5, 0.6) is 0 Å². The van der Waals surface area contributed by atoms with Crippen molar-refractivity contribution in [2.45, 2.75) is 11.1 Å². The van der Waals surface area contributed by atoms with Crippen molar-refractivity contribution in [1.29, 1.82) is 0 Å². The molecule has 0 atom stereocenters. The average molecular weight is 542 g/mol. The standard InChI is InChI=1S/C19H19ClF3N3O6S2/c20-13-1-6-17(25-33(28,29)12-19(21,22)23)16(11-13)18(27)24-14-2-4-15(5-3-14)34(30,31)26-7-9-32-10-8-26/h1-6,11,25H,7-10,12H2,(H,24,27). The molecule has 2 aromatic carbocycles. The Morgan fingerprint density at radius 2 is 1.65 bits per heavy atom. The number of hydrogen-bond acceptors (Lipinski definition) is 6. The third-order valence-corrected chi connectivity index (χ3v) is 7.95. The van der Waals surface area contributed by atoms with E-state index in [9.17, 15) is 34.8 Å². The van der Waals surface area contributed by atoms with Gasteiger partial charge in [0, 0.05) is 23.8 Å². The molecule has 2 aromatic rings. The minimum atomic E-state index is -4.98. The van der Waals surface area contributed by atoms with Gasteiger partial charge in [-0.25, -0.2) is 16.8 Å². The number of alkyl halides is 3. The van der Waals surface area contributed by atoms with E-state index in [-0.39, 0.29) is 47.5 Å². The monoisotopic (exact) mass is 541 g/mol. The van der Waals surface area contributed by atoms with Gasteiger partial charge in [0.1, 0.15) is 0 Å². The average Bonchev–Trinajstić information content (AvgIpc) is 2.74. The minimum Gasteiger partial charge on any atom is -0.379 e. The zero-order valence-electron chi connectivity index (χ0n) is 17.3. The fourth-order valence-electron chi connectivity index (χ4n) is 3.06. The number of rotatable bonds is 7. The lowest BCUT2D eigenvalue weighted by Crippen LogP contribution is -2.40. The molecular formula is C19H19ClF3N3O6S2. The molecule has 1 fully saturated rings. The molecule has 0 saturated carbocycles. The highest BCUT2D eigenvalue weighted by molar-refractivity contribution is 7.92. The summed E-state index contributed by atoms with van der Waals surface area (Å²) in [4.78, 5) is 12.7. The molecule has 0 spiro atoms. The number of morpholine rings is 1. The van der Waals surface area contributed by atoms with Crippen molar-refractivity contribution >= 4 is 48.9 Å². The van der Waals surface area contributed by atoms with Gasteiger partial charge in [-0.3, -0.25) is 9.52 Å². The van der Waals surface area contributed by atoms with E-state index < -0.39 is 43.6 Å². The van der Waals surface area contributed by atoms with Gasteiger partial charge in [0.25, 0.3) is 5.91 Å². The summed E-state index contributed by atoms with van der Waals surface area (Å²) in [5.41, 5.74) is -0.573. The largest absolute Gasteiger partial charge is 0.404 e. The number of halogens is 4. The topological polar surface area (TPSA) is 122 Å². The van der Waals surface area contributed by atoms with Gasteiger partial charge in [0.05, 0.1) is 29.4 Å². The van der Waals surface area contributed by atoms with Gasteiger partial charge in [-0.2, -0.15) is 17.5 Å². The molecule has 1 heterocycles. The number of hydrogen-bond donors (Lipinski definition) is 2. The molecule has 2 N–H and O–H groups in total. The Balaban J connectivity index is 1.79. The molecule has 1 aliphatic heterocycles. The van der Waals surface area contributed by atoms with E-state index in [1.54, 1.807) is 4.72 Å². The third-order valence-electron chi connectivity index (χ3n) is 4.57. The maximum atomic E-state index is 12.7. The summed E-state index contributed by atoms with van der Waals surface area (Å²) in [6, 6.07) is 8.56. The smallest absolute Gasteiger partial charge is 0.379 e. The minimum absolute atomic E-state index is 0.00393. The molecule has 1 amide bonds. The van der Waals surface area contributed by atoms with Gasteiger partial charge in [-0.1, -0.05) is 11.6 Å². The van der Waals surface area contributed by atoms with Gasteiger partial charge in [0.2, 0.25) is 20.0 Å². The van der Waals surface area contributed by atoms with E-state index in [0.29, 0.717) is 0 Å². The molecule has 0 aromatic heterocycles. The molecule has 9 nitrogen and oxygen atoms in total. The molecule has 1 saturated heterocycles. The lowest BCUT2D eigenvalue weighted by Gasteiger charge is -2.26. The highest BCUT2D eigenvalue weighted by Crippen LogP contribution is 2.26. The molecule has 1 aliphatic rings. The summed E-state index contributed by atoms with van der Waals surface area (Å²) in [5.74, 6) is -3.01. The molecule has 0 bridgehead atoms. The first-order valence-corrected chi connectivity index (χ1v) is 13.1. The quantitative estimate of drug-likeness (QED) is 0.556. The second-order valence-electron chi connectivity index (χ2n) is 7.16. The Morgan fingerprint density at radius 3 is 2.24 bits per heavy atom. The van der Waals surface area contributed by atoms with E-state index in [2.05, 4.69) is 5.32 Å². The van der Waals surface area contributed by atoms with Crippen molar-refractivity contribution < 1.29 is 39.5 Å². The number of anilines is 2. The first kappa shape index (κ1) is 26.2. The molecule has 186 valence electrons. The van der Waals surface area contributed by atoms with Crippen LogP contribution in [0, 0.1) is 0 Å². The zero-order valence-corrected chi connectivity index (χ0v) is 19.7. The number of carbonyl (C=O) groups excluding carboxylic acids is 1. The summed E-state index contributed by atoms with van der Waals surface area (Å²) in [7, 11) is -8.60. The lowest BCUT2D eigenvalue weighted by molar-refractivity contribution is -0.106. The maximum Gasteiger partial charge on any atom is 0.404 e. The maximum absolute atomic E-state index is 12.7. The summed E-state index contributed by atoms with van der Waals surface area (Å²) >= 11 is 5.87. The van der Waals surface area contributed by atoms with E-state index in [1.165, 1.54) is 34.6 Å². The summed E-state index contributed by atoms with van der Waals surface area (Å²) in [5, 5.41) is 2.47. The van der Waals surface area contributed by atoms with Gasteiger partial charge >= 0.3 is 6.18 Å². The molecule has 15 heteroatoms. The molecular weight excluding hydrogens is 523 g/mol. The van der Waals surface area contributed by atoms with Crippen LogP contribution in [0.2, 0.25) is 5.02 Å². The summed E-state index contributed by atoms with van der Waals surface area (Å²) < 4.78 is 94.8.